The number of carbonyl (C=O) groups is 3. The molecule has 1 heterocycles. The first-order chi connectivity index (χ1) is 15.3. The quantitative estimate of drug-likeness (QED) is 0.234. The number of rotatable bonds is 6. The number of nitrogens with two attached hydrogens (primary N) is 1. The molecule has 1 rings (SSSR count). The summed E-state index contributed by atoms with van der Waals surface area (Å²) < 4.78 is 15.7. The summed E-state index contributed by atoms with van der Waals surface area (Å²) in [6.45, 7) is 8.43. The average molecular weight is 468 g/mol. The molecule has 0 aromatic carbocycles. The Morgan fingerprint density at radius 2 is 2.03 bits per heavy atom. The summed E-state index contributed by atoms with van der Waals surface area (Å²) in [5, 5.41) is 21.1. The minimum Gasteiger partial charge on any atom is -0.457 e. The second kappa shape index (κ2) is 13.2. The fourth-order valence-corrected chi connectivity index (χ4v) is 3.39. The molecule has 0 fully saturated rings. The van der Waals surface area contributed by atoms with Gasteiger partial charge in [0.1, 0.15) is 17.8 Å². The van der Waals surface area contributed by atoms with Gasteiger partial charge in [0.2, 0.25) is 0 Å². The smallest absolute Gasteiger partial charge is 0.404 e. The Morgan fingerprint density at radius 3 is 2.64 bits per heavy atom. The van der Waals surface area contributed by atoms with E-state index in [1.165, 1.54) is 13.8 Å². The number of amides is 1. The van der Waals surface area contributed by atoms with Crippen molar-refractivity contribution in [1.82, 2.24) is 0 Å². The van der Waals surface area contributed by atoms with Gasteiger partial charge in [0.15, 0.2) is 0 Å². The fraction of sp³-hybridized carbons (Fsp3) is 0.625. The summed E-state index contributed by atoms with van der Waals surface area (Å²) in [5.74, 6) is -1.48. The second-order valence-electron chi connectivity index (χ2n) is 8.84. The van der Waals surface area contributed by atoms with Crippen molar-refractivity contribution in [2.75, 3.05) is 6.61 Å². The van der Waals surface area contributed by atoms with Crippen molar-refractivity contribution in [2.24, 2.45) is 17.6 Å². The fourth-order valence-electron chi connectivity index (χ4n) is 3.39. The molecule has 186 valence electrons. The Hall–Kier alpha value is -2.65. The maximum atomic E-state index is 12.4. The third-order valence-corrected chi connectivity index (χ3v) is 5.35. The van der Waals surface area contributed by atoms with E-state index >= 15 is 0 Å². The van der Waals surface area contributed by atoms with Crippen LogP contribution in [0.15, 0.2) is 36.0 Å². The molecule has 0 unspecified atom stereocenters. The largest absolute Gasteiger partial charge is 0.457 e. The molecule has 9 heteroatoms. The normalized spacial score (nSPS) is 31.6. The zero-order chi connectivity index (χ0) is 25.2. The van der Waals surface area contributed by atoms with Crippen LogP contribution < -0.4 is 5.73 Å². The molecule has 0 spiro atoms. The van der Waals surface area contributed by atoms with Crippen LogP contribution in [0, 0.1) is 11.8 Å². The van der Waals surface area contributed by atoms with Gasteiger partial charge in [-0.2, -0.15) is 0 Å². The van der Waals surface area contributed by atoms with Gasteiger partial charge in [-0.25, -0.2) is 4.79 Å². The van der Waals surface area contributed by atoms with Crippen LogP contribution in [0.1, 0.15) is 53.9 Å². The minimum absolute atomic E-state index is 0.0698. The van der Waals surface area contributed by atoms with Gasteiger partial charge in [0.25, 0.3) is 0 Å². The van der Waals surface area contributed by atoms with Crippen molar-refractivity contribution in [3.05, 3.63) is 36.0 Å². The number of aliphatic hydroxyl groups is 2. The van der Waals surface area contributed by atoms with Crippen LogP contribution >= 0.6 is 0 Å². The average Bonchev–Trinajstić information content (AvgIpc) is 2.70. The molecular formula is C24H37NO8. The summed E-state index contributed by atoms with van der Waals surface area (Å²) >= 11 is 0. The lowest BCUT2D eigenvalue weighted by Crippen LogP contribution is -2.42. The molecule has 33 heavy (non-hydrogen) atoms. The van der Waals surface area contributed by atoms with Crippen molar-refractivity contribution < 1.29 is 38.8 Å². The predicted molar refractivity (Wildman–Crippen MR) is 122 cm³/mol. The van der Waals surface area contributed by atoms with Crippen LogP contribution in [-0.2, 0) is 23.8 Å². The molecule has 0 radical (unpaired) electrons. The maximum absolute atomic E-state index is 12.4. The van der Waals surface area contributed by atoms with E-state index in [4.69, 9.17) is 19.9 Å². The van der Waals surface area contributed by atoms with E-state index < -0.39 is 41.9 Å². The molecule has 4 N–H and O–H groups in total. The van der Waals surface area contributed by atoms with Crippen molar-refractivity contribution in [3.63, 3.8) is 0 Å². The molecule has 0 aromatic heterocycles. The standard InChI is InChI=1S/C24H37NO8/c1-15(14-31-23(25)29)7-6-8-16(2)22-17(3)9-10-20(32-18(4)26)24(5,30)12-11-19(27)13-21(28)33-22/h6-10,15,17,19-20,22,27,30H,11-14H2,1-5H3,(H2,25,29)/b7-6+,10-9+,16-8+/t15-,17+,19-,20+,22-,24-/m1/s1. The molecule has 1 amide bonds. The molecule has 1 aliphatic heterocycles. The maximum Gasteiger partial charge on any atom is 0.404 e. The van der Waals surface area contributed by atoms with Crippen molar-refractivity contribution in [1.29, 1.82) is 0 Å². The van der Waals surface area contributed by atoms with Gasteiger partial charge < -0.3 is 30.2 Å². The molecule has 9 nitrogen and oxygen atoms in total. The van der Waals surface area contributed by atoms with E-state index in [0.29, 0.717) is 0 Å². The van der Waals surface area contributed by atoms with Gasteiger partial charge in [-0.15, -0.1) is 0 Å². The van der Waals surface area contributed by atoms with Crippen LogP contribution in [0.4, 0.5) is 4.79 Å². The molecule has 0 saturated carbocycles. The van der Waals surface area contributed by atoms with Crippen LogP contribution in [0.3, 0.4) is 0 Å². The Bertz CT molecular complexity index is 770. The first-order valence-electron chi connectivity index (χ1n) is 11.0. The van der Waals surface area contributed by atoms with Gasteiger partial charge in [-0.05, 0) is 38.3 Å². The summed E-state index contributed by atoms with van der Waals surface area (Å²) in [6, 6.07) is 0. The Balaban J connectivity index is 3.14. The van der Waals surface area contributed by atoms with Crippen molar-refractivity contribution >= 4 is 18.0 Å². The van der Waals surface area contributed by atoms with Gasteiger partial charge in [-0.3, -0.25) is 9.59 Å². The van der Waals surface area contributed by atoms with E-state index in [0.717, 1.165) is 5.57 Å². The van der Waals surface area contributed by atoms with Crippen molar-refractivity contribution in [2.45, 2.75) is 77.8 Å². The number of hydrogen-bond acceptors (Lipinski definition) is 8. The summed E-state index contributed by atoms with van der Waals surface area (Å²) in [5.41, 5.74) is 4.29. The van der Waals surface area contributed by atoms with Crippen molar-refractivity contribution in [3.8, 4) is 0 Å². The Kier molecular flexibility index (Phi) is 11.3. The Labute approximate surface area is 195 Å². The van der Waals surface area contributed by atoms with Crippen LogP contribution in [0.25, 0.3) is 0 Å². The molecular weight excluding hydrogens is 430 g/mol. The summed E-state index contributed by atoms with van der Waals surface area (Å²) in [4.78, 5) is 34.7. The van der Waals surface area contributed by atoms with E-state index in [1.54, 1.807) is 31.2 Å². The van der Waals surface area contributed by atoms with Gasteiger partial charge >= 0.3 is 18.0 Å². The lowest BCUT2D eigenvalue weighted by Gasteiger charge is -2.32. The zero-order valence-corrected chi connectivity index (χ0v) is 20.0. The first kappa shape index (κ1) is 28.4. The Morgan fingerprint density at radius 1 is 1.36 bits per heavy atom. The summed E-state index contributed by atoms with van der Waals surface area (Å²) in [6.07, 6.45) is 5.34. The van der Waals surface area contributed by atoms with Crippen LogP contribution in [-0.4, -0.2) is 58.8 Å². The molecule has 0 aliphatic carbocycles. The number of aliphatic hydroxyl groups excluding tert-OH is 1. The van der Waals surface area contributed by atoms with Crippen LogP contribution in [0.5, 0.6) is 0 Å². The van der Waals surface area contributed by atoms with Gasteiger partial charge in [0, 0.05) is 18.8 Å². The first-order valence-corrected chi connectivity index (χ1v) is 11.0. The number of hydrogen-bond donors (Lipinski definition) is 3. The van der Waals surface area contributed by atoms with E-state index in [-0.39, 0.29) is 37.7 Å². The number of ether oxygens (including phenoxy) is 3. The van der Waals surface area contributed by atoms with Gasteiger partial charge in [0.05, 0.1) is 19.1 Å². The number of esters is 2. The monoisotopic (exact) mass is 467 g/mol. The highest BCUT2D eigenvalue weighted by molar-refractivity contribution is 5.70. The number of carbonyl (C=O) groups excluding carboxylic acids is 3. The predicted octanol–water partition coefficient (Wildman–Crippen LogP) is 2.55. The SMILES string of the molecule is CC(=O)O[C@H]1/C=C/[C@H](C)[C@@H](/C(C)=C/C=C/[C@@H](C)COC(N)=O)OC(=O)C[C@H](O)CC[C@@]1(C)O. The molecule has 6 atom stereocenters. The third kappa shape index (κ3) is 10.7. The lowest BCUT2D eigenvalue weighted by atomic mass is 9.88. The number of allylic oxidation sites excluding steroid dienone is 2. The van der Waals surface area contributed by atoms with E-state index in [2.05, 4.69) is 0 Å². The molecule has 0 bridgehead atoms. The molecule has 0 saturated heterocycles. The summed E-state index contributed by atoms with van der Waals surface area (Å²) in [7, 11) is 0. The molecule has 1 aliphatic rings. The van der Waals surface area contributed by atoms with Gasteiger partial charge in [-0.1, -0.05) is 38.2 Å². The number of cyclic esters (lactones) is 1. The number of primary amides is 1. The highest BCUT2D eigenvalue weighted by atomic mass is 16.6. The highest BCUT2D eigenvalue weighted by Gasteiger charge is 2.34. The third-order valence-electron chi connectivity index (χ3n) is 5.35. The minimum atomic E-state index is -1.42. The lowest BCUT2D eigenvalue weighted by molar-refractivity contribution is -0.157. The topological polar surface area (TPSA) is 145 Å². The molecule has 0 aromatic rings. The zero-order valence-electron chi connectivity index (χ0n) is 20.0. The van der Waals surface area contributed by atoms with E-state index in [1.807, 2.05) is 19.9 Å². The van der Waals surface area contributed by atoms with Crippen LogP contribution in [0.2, 0.25) is 0 Å². The second-order valence-corrected chi connectivity index (χ2v) is 8.84. The highest BCUT2D eigenvalue weighted by Crippen LogP contribution is 2.26. The van der Waals surface area contributed by atoms with E-state index in [9.17, 15) is 24.6 Å².